The zero-order valence-corrected chi connectivity index (χ0v) is 10.7. The van der Waals surface area contributed by atoms with Gasteiger partial charge < -0.3 is 10.4 Å². The normalized spacial score (nSPS) is 10.6. The summed E-state index contributed by atoms with van der Waals surface area (Å²) in [7, 11) is 1.83. The van der Waals surface area contributed by atoms with E-state index in [9.17, 15) is 4.79 Å². The first-order chi connectivity index (χ1) is 9.15. The van der Waals surface area contributed by atoms with E-state index in [0.29, 0.717) is 12.1 Å². The van der Waals surface area contributed by atoms with Gasteiger partial charge in [-0.1, -0.05) is 12.1 Å². The molecule has 6 heteroatoms. The summed E-state index contributed by atoms with van der Waals surface area (Å²) in [5, 5.41) is 16.3. The predicted molar refractivity (Wildman–Crippen MR) is 69.8 cm³/mol. The number of rotatable bonds is 6. The van der Waals surface area contributed by atoms with Gasteiger partial charge in [0.15, 0.2) is 5.82 Å². The van der Waals surface area contributed by atoms with Gasteiger partial charge in [-0.25, -0.2) is 9.78 Å². The van der Waals surface area contributed by atoms with Crippen molar-refractivity contribution < 1.29 is 9.90 Å². The fraction of sp³-hybridized carbons (Fsp3) is 0.308. The van der Waals surface area contributed by atoms with Gasteiger partial charge in [0.25, 0.3) is 0 Å². The average Bonchev–Trinajstić information content (AvgIpc) is 2.81. The van der Waals surface area contributed by atoms with Crippen LogP contribution in [-0.2, 0) is 20.0 Å². The number of carboxylic acid groups (broad SMARTS) is 1. The second kappa shape index (κ2) is 6.10. The van der Waals surface area contributed by atoms with Gasteiger partial charge in [0.2, 0.25) is 0 Å². The SMILES string of the molecule is Cn1cnc(CCNCc2cccc(C(=O)O)c2)n1. The molecule has 0 aliphatic rings. The number of carbonyl (C=O) groups is 1. The van der Waals surface area contributed by atoms with Gasteiger partial charge in [-0.2, -0.15) is 5.10 Å². The molecule has 1 aromatic carbocycles. The van der Waals surface area contributed by atoms with Gasteiger partial charge in [0.05, 0.1) is 5.56 Å². The molecule has 0 saturated heterocycles. The molecule has 19 heavy (non-hydrogen) atoms. The molecule has 6 nitrogen and oxygen atoms in total. The van der Waals surface area contributed by atoms with Crippen molar-refractivity contribution >= 4 is 5.97 Å². The van der Waals surface area contributed by atoms with Gasteiger partial charge in [-0.15, -0.1) is 0 Å². The van der Waals surface area contributed by atoms with E-state index in [0.717, 1.165) is 24.4 Å². The average molecular weight is 260 g/mol. The Labute approximate surface area is 111 Å². The maximum atomic E-state index is 10.8. The van der Waals surface area contributed by atoms with Crippen LogP contribution in [0.2, 0.25) is 0 Å². The van der Waals surface area contributed by atoms with E-state index in [1.165, 1.54) is 0 Å². The lowest BCUT2D eigenvalue weighted by molar-refractivity contribution is 0.0696. The molecular weight excluding hydrogens is 244 g/mol. The van der Waals surface area contributed by atoms with Crippen LogP contribution < -0.4 is 5.32 Å². The van der Waals surface area contributed by atoms with Gasteiger partial charge >= 0.3 is 5.97 Å². The Bertz CT molecular complexity index is 565. The van der Waals surface area contributed by atoms with Crippen LogP contribution in [0.25, 0.3) is 0 Å². The fourth-order valence-corrected chi connectivity index (χ4v) is 1.75. The molecule has 0 aliphatic carbocycles. The van der Waals surface area contributed by atoms with Crippen LogP contribution in [0.5, 0.6) is 0 Å². The molecule has 0 aliphatic heterocycles. The molecule has 2 aromatic rings. The topological polar surface area (TPSA) is 80.0 Å². The monoisotopic (exact) mass is 260 g/mol. The Hall–Kier alpha value is -2.21. The summed E-state index contributed by atoms with van der Waals surface area (Å²) in [6.07, 6.45) is 2.42. The van der Waals surface area contributed by atoms with Crippen molar-refractivity contribution in [2.45, 2.75) is 13.0 Å². The zero-order chi connectivity index (χ0) is 13.7. The standard InChI is InChI=1S/C13H16N4O2/c1-17-9-15-12(16-17)5-6-14-8-10-3-2-4-11(7-10)13(18)19/h2-4,7,9,14H,5-6,8H2,1H3,(H,18,19). The van der Waals surface area contributed by atoms with Crippen molar-refractivity contribution in [3.8, 4) is 0 Å². The van der Waals surface area contributed by atoms with E-state index in [4.69, 9.17) is 5.11 Å². The van der Waals surface area contributed by atoms with Crippen molar-refractivity contribution in [2.75, 3.05) is 6.54 Å². The Morgan fingerprint density at radius 1 is 1.47 bits per heavy atom. The number of aryl methyl sites for hydroxylation is 1. The second-order valence-corrected chi connectivity index (χ2v) is 4.27. The van der Waals surface area contributed by atoms with E-state index in [-0.39, 0.29) is 0 Å². The number of nitrogens with one attached hydrogen (secondary N) is 1. The molecule has 0 unspecified atom stereocenters. The highest BCUT2D eigenvalue weighted by molar-refractivity contribution is 5.87. The first-order valence-corrected chi connectivity index (χ1v) is 6.02. The molecule has 2 N–H and O–H groups in total. The molecule has 2 rings (SSSR count). The van der Waals surface area contributed by atoms with Crippen molar-refractivity contribution in [3.63, 3.8) is 0 Å². The van der Waals surface area contributed by atoms with Crippen molar-refractivity contribution in [1.82, 2.24) is 20.1 Å². The third-order valence-corrected chi connectivity index (χ3v) is 2.68. The Morgan fingerprint density at radius 3 is 3.00 bits per heavy atom. The van der Waals surface area contributed by atoms with E-state index in [1.54, 1.807) is 29.2 Å². The Balaban J connectivity index is 1.79. The molecule has 0 spiro atoms. The quantitative estimate of drug-likeness (QED) is 0.752. The van der Waals surface area contributed by atoms with Crippen LogP contribution in [0.15, 0.2) is 30.6 Å². The molecule has 100 valence electrons. The highest BCUT2D eigenvalue weighted by Crippen LogP contribution is 2.05. The number of hydrogen-bond donors (Lipinski definition) is 2. The lowest BCUT2D eigenvalue weighted by Crippen LogP contribution is -2.17. The van der Waals surface area contributed by atoms with E-state index < -0.39 is 5.97 Å². The van der Waals surface area contributed by atoms with E-state index in [2.05, 4.69) is 15.4 Å². The summed E-state index contributed by atoms with van der Waals surface area (Å²) < 4.78 is 1.67. The van der Waals surface area contributed by atoms with E-state index in [1.807, 2.05) is 13.1 Å². The molecule has 0 amide bonds. The van der Waals surface area contributed by atoms with Crippen LogP contribution in [0.1, 0.15) is 21.7 Å². The first kappa shape index (κ1) is 13.2. The number of hydrogen-bond acceptors (Lipinski definition) is 4. The summed E-state index contributed by atoms with van der Waals surface area (Å²) in [4.78, 5) is 15.0. The maximum Gasteiger partial charge on any atom is 0.335 e. The summed E-state index contributed by atoms with van der Waals surface area (Å²) >= 11 is 0. The third-order valence-electron chi connectivity index (χ3n) is 2.68. The number of benzene rings is 1. The van der Waals surface area contributed by atoms with Crippen LogP contribution in [0, 0.1) is 0 Å². The summed E-state index contributed by atoms with van der Waals surface area (Å²) in [6.45, 7) is 1.38. The summed E-state index contributed by atoms with van der Waals surface area (Å²) in [5.41, 5.74) is 1.26. The summed E-state index contributed by atoms with van der Waals surface area (Å²) in [6, 6.07) is 6.91. The predicted octanol–water partition coefficient (Wildman–Crippen LogP) is 0.846. The molecular formula is C13H16N4O2. The third kappa shape index (κ3) is 3.89. The van der Waals surface area contributed by atoms with Crippen molar-refractivity contribution in [2.24, 2.45) is 7.05 Å². The molecule has 0 bridgehead atoms. The minimum absolute atomic E-state index is 0.311. The molecule has 0 fully saturated rings. The number of aromatic carboxylic acids is 1. The van der Waals surface area contributed by atoms with Crippen LogP contribution in [-0.4, -0.2) is 32.4 Å². The molecule has 0 atom stereocenters. The van der Waals surface area contributed by atoms with Gasteiger partial charge in [0.1, 0.15) is 6.33 Å². The minimum atomic E-state index is -0.903. The fourth-order valence-electron chi connectivity index (χ4n) is 1.75. The highest BCUT2D eigenvalue weighted by Gasteiger charge is 2.03. The van der Waals surface area contributed by atoms with Crippen molar-refractivity contribution in [3.05, 3.63) is 47.5 Å². The first-order valence-electron chi connectivity index (χ1n) is 6.02. The second-order valence-electron chi connectivity index (χ2n) is 4.27. The zero-order valence-electron chi connectivity index (χ0n) is 10.7. The number of nitrogens with zero attached hydrogens (tertiary/aromatic N) is 3. The Kier molecular flexibility index (Phi) is 4.25. The molecule has 1 aromatic heterocycles. The molecule has 1 heterocycles. The lowest BCUT2D eigenvalue weighted by atomic mass is 10.1. The molecule has 0 saturated carbocycles. The lowest BCUT2D eigenvalue weighted by Gasteiger charge is -2.04. The molecule has 0 radical (unpaired) electrons. The maximum absolute atomic E-state index is 10.8. The minimum Gasteiger partial charge on any atom is -0.478 e. The van der Waals surface area contributed by atoms with Crippen molar-refractivity contribution in [1.29, 1.82) is 0 Å². The highest BCUT2D eigenvalue weighted by atomic mass is 16.4. The van der Waals surface area contributed by atoms with Crippen LogP contribution >= 0.6 is 0 Å². The largest absolute Gasteiger partial charge is 0.478 e. The van der Waals surface area contributed by atoms with Crippen LogP contribution in [0.4, 0.5) is 0 Å². The van der Waals surface area contributed by atoms with E-state index >= 15 is 0 Å². The Morgan fingerprint density at radius 2 is 2.32 bits per heavy atom. The van der Waals surface area contributed by atoms with Crippen LogP contribution in [0.3, 0.4) is 0 Å². The van der Waals surface area contributed by atoms with Gasteiger partial charge in [-0.3, -0.25) is 4.68 Å². The smallest absolute Gasteiger partial charge is 0.335 e. The number of carboxylic acids is 1. The summed E-state index contributed by atoms with van der Waals surface area (Å²) in [5.74, 6) is -0.103. The number of aromatic nitrogens is 3. The van der Waals surface area contributed by atoms with Gasteiger partial charge in [-0.05, 0) is 17.7 Å². The van der Waals surface area contributed by atoms with Gasteiger partial charge in [0, 0.05) is 26.6 Å².